The quantitative estimate of drug-likeness (QED) is 0.00374. The molecule has 1 fully saturated rings. The largest absolute Gasteiger partial charge is 0.490 e. The van der Waals surface area contributed by atoms with Crippen LogP contribution < -0.4 is 22.3 Å². The number of carboxylic acids is 1. The zero-order chi connectivity index (χ0) is 60.9. The first-order valence-corrected chi connectivity index (χ1v) is 32.6. The molecule has 0 amide bonds. The van der Waals surface area contributed by atoms with E-state index >= 15 is 0 Å². The number of phosphoric ester groups is 1. The fourth-order valence-corrected chi connectivity index (χ4v) is 13.8. The SMILES string of the molecule is Cc1c2oc3c(C)c(N)ccc3c(-c3ccc(C(=O)CCCOCCOCCOCCOCCC(=O)CCC(C)(C)SSCOC4C[C@H](n5cc(C)c(=O)[nH]c5=O)O[C@@H]4COP(=O)(O)OP(=O)(O)OP(=O)(O)O)cc3C(=O)O)c-2ccc1=N. The van der Waals surface area contributed by atoms with Crippen molar-refractivity contribution >= 4 is 79.2 Å². The number of nitrogens with one attached hydrogen (secondary N) is 2. The average Bonchev–Trinajstić information content (AvgIpc) is 1.89. The molecule has 0 saturated carbocycles. The van der Waals surface area contributed by atoms with Gasteiger partial charge in [0.15, 0.2) is 5.78 Å². The smallest absolute Gasteiger partial charge is 0.478 e. The zero-order valence-electron chi connectivity index (χ0n) is 45.9. The molecule has 3 unspecified atom stereocenters. The van der Waals surface area contributed by atoms with Crippen molar-refractivity contribution in [1.82, 2.24) is 9.55 Å². The van der Waals surface area contributed by atoms with Crippen LogP contribution in [0.2, 0.25) is 0 Å². The molecule has 3 aromatic rings. The van der Waals surface area contributed by atoms with Gasteiger partial charge in [-0.3, -0.25) is 28.5 Å². The highest BCUT2D eigenvalue weighted by molar-refractivity contribution is 8.77. The molecule has 456 valence electrons. The van der Waals surface area contributed by atoms with Crippen LogP contribution in [0.15, 0.2) is 62.7 Å². The van der Waals surface area contributed by atoms with E-state index in [9.17, 15) is 52.6 Å². The van der Waals surface area contributed by atoms with E-state index < -0.39 is 70.5 Å². The molecule has 3 aliphatic rings. The summed E-state index contributed by atoms with van der Waals surface area (Å²) in [4.78, 5) is 102. The molecule has 9 N–H and O–H groups in total. The number of nitrogens with zero attached hydrogens (tertiary/aromatic N) is 1. The van der Waals surface area contributed by atoms with Crippen LogP contribution in [0.4, 0.5) is 5.69 Å². The first-order valence-electron chi connectivity index (χ1n) is 25.8. The number of carboxylic acid groups (broad SMARTS) is 1. The summed E-state index contributed by atoms with van der Waals surface area (Å²) >= 11 is 0. The highest BCUT2D eigenvalue weighted by atomic mass is 33.1. The van der Waals surface area contributed by atoms with Crippen molar-refractivity contribution < 1.29 is 98.7 Å². The molecular weight excluding hydrogens is 1190 g/mol. The number of carbonyl (C=O) groups is 3. The number of carbonyl (C=O) groups excluding carboxylic acids is 2. The van der Waals surface area contributed by atoms with Crippen molar-refractivity contribution in [3.05, 3.63) is 103 Å². The van der Waals surface area contributed by atoms with Gasteiger partial charge in [0.2, 0.25) is 0 Å². The fourth-order valence-electron chi connectivity index (χ4n) is 8.51. The number of hydrogen-bond acceptors (Lipinski definition) is 22. The Kier molecular flexibility index (Phi) is 24.4. The first kappa shape index (κ1) is 67.4. The summed E-state index contributed by atoms with van der Waals surface area (Å²) in [5.74, 6) is -0.990. The highest BCUT2D eigenvalue weighted by Gasteiger charge is 2.44. The maximum atomic E-state index is 13.2. The van der Waals surface area contributed by atoms with Gasteiger partial charge in [0.25, 0.3) is 5.56 Å². The number of Topliss-reactive ketones (excluding diaryl/α,β-unsaturated/α-hetero) is 2. The molecule has 5 atom stereocenters. The van der Waals surface area contributed by atoms with E-state index in [2.05, 4.69) is 13.6 Å². The fraction of sp³-hybridized carbons (Fsp3) is 0.490. The Labute approximate surface area is 483 Å². The van der Waals surface area contributed by atoms with Crippen LogP contribution in [0.25, 0.3) is 33.4 Å². The maximum Gasteiger partial charge on any atom is 0.490 e. The lowest BCUT2D eigenvalue weighted by Gasteiger charge is -2.24. The molecule has 0 bridgehead atoms. The van der Waals surface area contributed by atoms with Crippen molar-refractivity contribution in [2.75, 3.05) is 71.1 Å². The number of ether oxygens (including phenoxy) is 6. The van der Waals surface area contributed by atoms with E-state index in [-0.39, 0.29) is 98.3 Å². The number of aromatic carboxylic acids is 1. The van der Waals surface area contributed by atoms with Gasteiger partial charge in [-0.15, -0.1) is 0 Å². The lowest BCUT2D eigenvalue weighted by Crippen LogP contribution is -2.33. The molecular formula is C51H67N4O23P3S2. The summed E-state index contributed by atoms with van der Waals surface area (Å²) in [6.45, 7) is 10.3. The summed E-state index contributed by atoms with van der Waals surface area (Å²) in [5, 5.41) is 19.6. The molecule has 3 heterocycles. The summed E-state index contributed by atoms with van der Waals surface area (Å²) in [6.07, 6.45) is -0.496. The third kappa shape index (κ3) is 19.9. The molecule has 1 aliphatic carbocycles. The van der Waals surface area contributed by atoms with Crippen molar-refractivity contribution in [1.29, 1.82) is 5.41 Å². The third-order valence-corrected chi connectivity index (χ3v) is 19.7. The Hall–Kier alpha value is -4.71. The minimum atomic E-state index is -5.79. The number of H-pyrrole nitrogens is 1. The maximum absolute atomic E-state index is 13.2. The number of aryl methyl sites for hydroxylation is 2. The van der Waals surface area contributed by atoms with Gasteiger partial charge in [-0.25, -0.2) is 23.3 Å². The highest BCUT2D eigenvalue weighted by Crippen LogP contribution is 2.66. The topological polar surface area (TPSA) is 405 Å². The van der Waals surface area contributed by atoms with Gasteiger partial charge in [-0.05, 0) is 83.4 Å². The second-order valence-corrected chi connectivity index (χ2v) is 27.0. The van der Waals surface area contributed by atoms with Crippen molar-refractivity contribution in [3.63, 3.8) is 0 Å². The van der Waals surface area contributed by atoms with Crippen LogP contribution in [0.1, 0.15) is 96.0 Å². The number of nitrogens with two attached hydrogens (primary N) is 1. The molecule has 83 heavy (non-hydrogen) atoms. The number of nitrogen functional groups attached to an aromatic ring is 1. The molecule has 27 nitrogen and oxygen atoms in total. The van der Waals surface area contributed by atoms with E-state index in [0.29, 0.717) is 82.9 Å². The van der Waals surface area contributed by atoms with Crippen LogP contribution in [0.3, 0.4) is 0 Å². The summed E-state index contributed by atoms with van der Waals surface area (Å²) < 4.78 is 88.6. The zero-order valence-corrected chi connectivity index (χ0v) is 50.2. The van der Waals surface area contributed by atoms with Crippen LogP contribution in [0.5, 0.6) is 0 Å². The lowest BCUT2D eigenvalue weighted by molar-refractivity contribution is -0.120. The number of hydrogen-bond donors (Lipinski definition) is 8. The number of anilines is 1. The predicted octanol–water partition coefficient (Wildman–Crippen LogP) is 7.34. The molecule has 2 aromatic carbocycles. The predicted molar refractivity (Wildman–Crippen MR) is 304 cm³/mol. The Balaban J connectivity index is 0.815. The van der Waals surface area contributed by atoms with E-state index in [1.165, 1.54) is 40.8 Å². The van der Waals surface area contributed by atoms with Gasteiger partial charge < -0.3 is 68.7 Å². The van der Waals surface area contributed by atoms with Crippen molar-refractivity contribution in [2.24, 2.45) is 0 Å². The molecule has 32 heteroatoms. The Morgan fingerprint density at radius 1 is 0.831 bits per heavy atom. The number of phosphoric acid groups is 3. The first-order chi connectivity index (χ1) is 39.0. The van der Waals surface area contributed by atoms with Gasteiger partial charge in [-0.2, -0.15) is 8.62 Å². The summed E-state index contributed by atoms with van der Waals surface area (Å²) in [7, 11) is -14.2. The number of aromatic nitrogens is 2. The Morgan fingerprint density at radius 2 is 1.48 bits per heavy atom. The van der Waals surface area contributed by atoms with Gasteiger partial charge in [0, 0.05) is 87.7 Å². The number of rotatable bonds is 35. The van der Waals surface area contributed by atoms with Crippen molar-refractivity contribution in [3.8, 4) is 22.5 Å². The molecule has 2 aliphatic heterocycles. The van der Waals surface area contributed by atoms with Crippen molar-refractivity contribution in [2.45, 2.75) is 96.3 Å². The molecule has 0 spiro atoms. The van der Waals surface area contributed by atoms with Crippen LogP contribution in [-0.4, -0.2) is 134 Å². The monoisotopic (exact) mass is 1260 g/mol. The molecule has 1 aromatic heterocycles. The standard InChI is InChI=1S/C51H67N4O23P3S2/c1-30-27-55(50(61)54-48(30)58)44-26-42(43(75-44)28-74-80(65,66)78-81(67,68)77-79(62,63)64)73-29-82-83-51(4,5)16-14-34(56)15-18-70-20-22-72-24-23-71-21-19-69-17-6-7-41(57)33-8-9-35(38(25-33)49(59)60)45-36-10-12-39(52)31(2)46(36)76-47-32(3)40(53)13-11-37(45)47/h8-13,25,27,42-44,52H,6-7,14-24,26,28-29,53H2,1-5H3,(H,59,60)(H,65,66)(H,67,68)(H,54,58,61)(H2,62,63,64)/t42?,43-,44-/m1/s1. The normalized spacial score (nSPS) is 17.2. The van der Waals surface area contributed by atoms with E-state index in [4.69, 9.17) is 58.3 Å². The molecule has 1 saturated heterocycles. The van der Waals surface area contributed by atoms with Gasteiger partial charge in [0.1, 0.15) is 35.4 Å². The minimum absolute atomic E-state index is 0.00454. The van der Waals surface area contributed by atoms with Crippen LogP contribution in [-0.2, 0) is 60.1 Å². The lowest BCUT2D eigenvalue weighted by atomic mass is 9.87. The minimum Gasteiger partial charge on any atom is -0.478 e. The van der Waals surface area contributed by atoms with E-state index in [0.717, 1.165) is 4.57 Å². The average molecular weight is 1260 g/mol. The number of ketones is 2. The van der Waals surface area contributed by atoms with Gasteiger partial charge in [0.05, 0.1) is 69.9 Å². The third-order valence-electron chi connectivity index (χ3n) is 12.8. The number of fused-ring (bicyclic) bond motifs is 2. The van der Waals surface area contributed by atoms with E-state index in [1.807, 2.05) is 20.8 Å². The van der Waals surface area contributed by atoms with Crippen LogP contribution in [0, 0.1) is 26.2 Å². The number of aromatic amines is 1. The molecule has 6 rings (SSSR count). The van der Waals surface area contributed by atoms with E-state index in [1.54, 1.807) is 43.3 Å². The summed E-state index contributed by atoms with van der Waals surface area (Å²) in [6, 6.07) is 11.5. The van der Waals surface area contributed by atoms with Gasteiger partial charge in [-0.1, -0.05) is 33.7 Å². The second kappa shape index (κ2) is 30.1. The van der Waals surface area contributed by atoms with Gasteiger partial charge >= 0.3 is 35.1 Å². The molecule has 0 radical (unpaired) electrons. The Morgan fingerprint density at radius 3 is 2.14 bits per heavy atom. The number of benzene rings is 3. The summed E-state index contributed by atoms with van der Waals surface area (Å²) in [5.41, 5.74) is 9.02. The van der Waals surface area contributed by atoms with Crippen LogP contribution >= 0.6 is 45.1 Å². The second-order valence-electron chi connectivity index (χ2n) is 19.6. The Bertz CT molecular complexity index is 3420.